The number of carboxylic acids is 1. The summed E-state index contributed by atoms with van der Waals surface area (Å²) in [4.78, 5) is 22.7. The van der Waals surface area contributed by atoms with Crippen LogP contribution in [0.25, 0.3) is 0 Å². The Kier molecular flexibility index (Phi) is 3.09. The minimum atomic E-state index is -1.16. The van der Waals surface area contributed by atoms with Gasteiger partial charge in [0, 0.05) is 12.3 Å². The zero-order valence-electron chi connectivity index (χ0n) is 8.84. The molecule has 1 atom stereocenters. The predicted octanol–water partition coefficient (Wildman–Crippen LogP) is -1.09. The zero-order chi connectivity index (χ0) is 12.4. The van der Waals surface area contributed by atoms with Crippen LogP contribution in [0.5, 0.6) is 0 Å². The van der Waals surface area contributed by atoms with Crippen LogP contribution in [0, 0.1) is 0 Å². The third kappa shape index (κ3) is 2.13. The van der Waals surface area contributed by atoms with Crippen molar-refractivity contribution in [1.29, 1.82) is 0 Å². The number of aromatic carboxylic acids is 1. The summed E-state index contributed by atoms with van der Waals surface area (Å²) >= 11 is 0. The first-order valence-corrected chi connectivity index (χ1v) is 4.90. The zero-order valence-corrected chi connectivity index (χ0v) is 8.84. The van der Waals surface area contributed by atoms with Gasteiger partial charge in [0.2, 0.25) is 0 Å². The molecule has 1 saturated heterocycles. The van der Waals surface area contributed by atoms with Crippen molar-refractivity contribution in [2.24, 2.45) is 5.84 Å². The SMILES string of the molecule is NNc1cc(=O)n(C2COCN2)cc1C(=O)O. The first-order valence-electron chi connectivity index (χ1n) is 4.90. The Bertz CT molecular complexity index is 492. The number of nitrogen functional groups attached to an aromatic ring is 1. The van der Waals surface area contributed by atoms with Crippen molar-refractivity contribution in [1.82, 2.24) is 9.88 Å². The fraction of sp³-hybridized carbons (Fsp3) is 0.333. The lowest BCUT2D eigenvalue weighted by Gasteiger charge is -2.14. The second kappa shape index (κ2) is 4.53. The number of hydrogen-bond acceptors (Lipinski definition) is 6. The van der Waals surface area contributed by atoms with Gasteiger partial charge in [-0.15, -0.1) is 0 Å². The lowest BCUT2D eigenvalue weighted by atomic mass is 10.2. The Hall–Kier alpha value is -1.90. The Morgan fingerprint density at radius 2 is 2.47 bits per heavy atom. The number of nitrogens with two attached hydrogens (primary N) is 1. The largest absolute Gasteiger partial charge is 0.478 e. The normalized spacial score (nSPS) is 19.2. The Labute approximate surface area is 96.0 Å². The molecule has 0 spiro atoms. The molecule has 0 aliphatic carbocycles. The summed E-state index contributed by atoms with van der Waals surface area (Å²) in [5.41, 5.74) is 1.85. The van der Waals surface area contributed by atoms with E-state index < -0.39 is 5.97 Å². The highest BCUT2D eigenvalue weighted by molar-refractivity contribution is 5.93. The first kappa shape index (κ1) is 11.6. The summed E-state index contributed by atoms with van der Waals surface area (Å²) < 4.78 is 6.34. The summed E-state index contributed by atoms with van der Waals surface area (Å²) in [6.07, 6.45) is 0.888. The van der Waals surface area contributed by atoms with Gasteiger partial charge in [-0.2, -0.15) is 0 Å². The van der Waals surface area contributed by atoms with Gasteiger partial charge in [-0.1, -0.05) is 0 Å². The molecular formula is C9H12N4O4. The molecule has 1 fully saturated rings. The van der Waals surface area contributed by atoms with Crippen LogP contribution in [-0.4, -0.2) is 29.0 Å². The average molecular weight is 240 g/mol. The van der Waals surface area contributed by atoms with E-state index in [2.05, 4.69) is 10.7 Å². The Morgan fingerprint density at radius 3 is 3.00 bits per heavy atom. The lowest BCUT2D eigenvalue weighted by molar-refractivity contribution is 0.0696. The van der Waals surface area contributed by atoms with E-state index in [1.807, 2.05) is 0 Å². The molecule has 0 saturated carbocycles. The Balaban J connectivity index is 2.49. The topological polar surface area (TPSA) is 119 Å². The monoisotopic (exact) mass is 240 g/mol. The highest BCUT2D eigenvalue weighted by atomic mass is 16.5. The number of anilines is 1. The standard InChI is InChI=1S/C9H12N4O4/c10-12-6-1-8(14)13(2-5(6)9(15)16)7-3-17-4-11-7/h1-2,7,11-12H,3-4,10H2,(H,15,16). The van der Waals surface area contributed by atoms with Crippen molar-refractivity contribution in [3.05, 3.63) is 28.2 Å². The molecule has 5 N–H and O–H groups in total. The van der Waals surface area contributed by atoms with E-state index in [0.717, 1.165) is 6.07 Å². The summed E-state index contributed by atoms with van der Waals surface area (Å²) in [5, 5.41) is 11.9. The van der Waals surface area contributed by atoms with Gasteiger partial charge >= 0.3 is 5.97 Å². The summed E-state index contributed by atoms with van der Waals surface area (Å²) in [5.74, 6) is 4.00. The van der Waals surface area contributed by atoms with E-state index in [0.29, 0.717) is 13.3 Å². The molecule has 1 aromatic heterocycles. The number of carbonyl (C=O) groups is 1. The average Bonchev–Trinajstić information content (AvgIpc) is 2.81. The van der Waals surface area contributed by atoms with Crippen LogP contribution < -0.4 is 22.1 Å². The van der Waals surface area contributed by atoms with Gasteiger partial charge in [-0.25, -0.2) is 4.79 Å². The van der Waals surface area contributed by atoms with Crippen molar-refractivity contribution in [2.45, 2.75) is 6.17 Å². The highest BCUT2D eigenvalue weighted by Gasteiger charge is 2.20. The number of hydrogen-bond donors (Lipinski definition) is 4. The number of hydrazine groups is 1. The molecule has 0 bridgehead atoms. The number of nitrogens with one attached hydrogen (secondary N) is 2. The predicted molar refractivity (Wildman–Crippen MR) is 58.5 cm³/mol. The van der Waals surface area contributed by atoms with E-state index in [4.69, 9.17) is 15.7 Å². The van der Waals surface area contributed by atoms with Crippen LogP contribution in [-0.2, 0) is 4.74 Å². The van der Waals surface area contributed by atoms with Gasteiger partial charge in [0.05, 0.1) is 19.0 Å². The maximum absolute atomic E-state index is 11.7. The molecule has 2 heterocycles. The number of nitrogens with zero attached hydrogens (tertiary/aromatic N) is 1. The van der Waals surface area contributed by atoms with Crippen LogP contribution in [0.3, 0.4) is 0 Å². The molecule has 0 radical (unpaired) electrons. The molecule has 8 heteroatoms. The van der Waals surface area contributed by atoms with Crippen molar-refractivity contribution >= 4 is 11.7 Å². The number of ether oxygens (including phenoxy) is 1. The van der Waals surface area contributed by atoms with Gasteiger partial charge in [0.25, 0.3) is 5.56 Å². The Morgan fingerprint density at radius 1 is 1.71 bits per heavy atom. The van der Waals surface area contributed by atoms with Gasteiger partial charge in [0.1, 0.15) is 11.7 Å². The fourth-order valence-corrected chi connectivity index (χ4v) is 1.64. The molecule has 92 valence electrons. The molecule has 1 aliphatic rings. The van der Waals surface area contributed by atoms with E-state index in [9.17, 15) is 9.59 Å². The van der Waals surface area contributed by atoms with Crippen LogP contribution in [0.4, 0.5) is 5.69 Å². The van der Waals surface area contributed by atoms with Crippen molar-refractivity contribution in [3.8, 4) is 0 Å². The first-order chi connectivity index (χ1) is 8.13. The molecule has 17 heavy (non-hydrogen) atoms. The summed E-state index contributed by atoms with van der Waals surface area (Å²) in [7, 11) is 0. The molecule has 1 aliphatic heterocycles. The minimum Gasteiger partial charge on any atom is -0.478 e. The van der Waals surface area contributed by atoms with Gasteiger partial charge in [-0.05, 0) is 0 Å². The maximum Gasteiger partial charge on any atom is 0.339 e. The van der Waals surface area contributed by atoms with Crippen LogP contribution in [0.15, 0.2) is 17.1 Å². The van der Waals surface area contributed by atoms with E-state index in [1.165, 1.54) is 10.8 Å². The van der Waals surface area contributed by atoms with E-state index in [1.54, 1.807) is 0 Å². The molecule has 1 unspecified atom stereocenters. The van der Waals surface area contributed by atoms with Crippen LogP contribution >= 0.6 is 0 Å². The third-order valence-corrected chi connectivity index (χ3v) is 2.50. The minimum absolute atomic E-state index is 0.0687. The second-order valence-corrected chi connectivity index (χ2v) is 3.53. The molecule has 0 amide bonds. The molecular weight excluding hydrogens is 228 g/mol. The quantitative estimate of drug-likeness (QED) is 0.391. The van der Waals surface area contributed by atoms with Gasteiger partial charge in [-0.3, -0.25) is 20.5 Å². The fourth-order valence-electron chi connectivity index (χ4n) is 1.64. The number of pyridine rings is 1. The smallest absolute Gasteiger partial charge is 0.339 e. The van der Waals surface area contributed by atoms with Crippen LogP contribution in [0.2, 0.25) is 0 Å². The molecule has 8 nitrogen and oxygen atoms in total. The maximum atomic E-state index is 11.7. The third-order valence-electron chi connectivity index (χ3n) is 2.50. The van der Waals surface area contributed by atoms with Gasteiger partial charge < -0.3 is 15.3 Å². The van der Waals surface area contributed by atoms with E-state index >= 15 is 0 Å². The van der Waals surface area contributed by atoms with Gasteiger partial charge in [0.15, 0.2) is 0 Å². The number of carboxylic acid groups (broad SMARTS) is 1. The van der Waals surface area contributed by atoms with Crippen molar-refractivity contribution < 1.29 is 14.6 Å². The summed E-state index contributed by atoms with van der Waals surface area (Å²) in [6, 6.07) is 1.14. The highest BCUT2D eigenvalue weighted by Crippen LogP contribution is 2.14. The summed E-state index contributed by atoms with van der Waals surface area (Å²) in [6.45, 7) is 0.644. The number of rotatable bonds is 3. The molecule has 2 rings (SSSR count). The van der Waals surface area contributed by atoms with Crippen molar-refractivity contribution in [2.75, 3.05) is 18.8 Å². The van der Waals surface area contributed by atoms with Crippen LogP contribution in [0.1, 0.15) is 16.5 Å². The van der Waals surface area contributed by atoms with E-state index in [-0.39, 0.29) is 23.0 Å². The molecule has 1 aromatic rings. The molecule has 0 aromatic carbocycles. The van der Waals surface area contributed by atoms with Crippen molar-refractivity contribution in [3.63, 3.8) is 0 Å². The lowest BCUT2D eigenvalue weighted by Crippen LogP contribution is -2.32. The second-order valence-electron chi connectivity index (χ2n) is 3.53. The number of aromatic nitrogens is 1.